The number of hydrogen-bond acceptors (Lipinski definition) is 4. The topological polar surface area (TPSA) is 39.7 Å². The predicted molar refractivity (Wildman–Crippen MR) is 77.0 cm³/mol. The fourth-order valence-electron chi connectivity index (χ4n) is 1.88. The molecule has 0 amide bonds. The minimum Gasteiger partial charge on any atom is -0.493 e. The number of ether oxygens (including phenoxy) is 3. The number of methoxy groups -OCH3 is 2. The summed E-state index contributed by atoms with van der Waals surface area (Å²) in [5, 5.41) is 3.46. The molecule has 1 N–H and O–H groups in total. The molecule has 1 aromatic rings. The Labute approximate surface area is 116 Å². The van der Waals surface area contributed by atoms with Crippen LogP contribution in [-0.4, -0.2) is 33.5 Å². The molecule has 0 heterocycles. The summed E-state index contributed by atoms with van der Waals surface area (Å²) in [4.78, 5) is 0. The first kappa shape index (κ1) is 15.8. The number of benzene rings is 1. The molecule has 0 bridgehead atoms. The molecule has 0 radical (unpaired) electrons. The smallest absolute Gasteiger partial charge is 0.165 e. The second kappa shape index (κ2) is 8.77. The van der Waals surface area contributed by atoms with E-state index in [-0.39, 0.29) is 0 Å². The van der Waals surface area contributed by atoms with E-state index < -0.39 is 0 Å². The van der Waals surface area contributed by atoms with E-state index in [2.05, 4.69) is 18.3 Å². The lowest BCUT2D eigenvalue weighted by Crippen LogP contribution is -2.26. The first-order valence-corrected chi connectivity index (χ1v) is 6.73. The van der Waals surface area contributed by atoms with Gasteiger partial charge in [-0.05, 0) is 26.3 Å². The third kappa shape index (κ3) is 5.09. The zero-order chi connectivity index (χ0) is 14.1. The van der Waals surface area contributed by atoms with Gasteiger partial charge in [-0.2, -0.15) is 0 Å². The summed E-state index contributed by atoms with van der Waals surface area (Å²) < 4.78 is 16.1. The van der Waals surface area contributed by atoms with Crippen LogP contribution in [0.2, 0.25) is 0 Å². The van der Waals surface area contributed by atoms with Crippen LogP contribution in [-0.2, 0) is 11.3 Å². The van der Waals surface area contributed by atoms with Gasteiger partial charge in [0.2, 0.25) is 0 Å². The molecule has 19 heavy (non-hydrogen) atoms. The fourth-order valence-corrected chi connectivity index (χ4v) is 1.88. The normalized spacial score (nSPS) is 12.2. The van der Waals surface area contributed by atoms with Crippen LogP contribution in [0.25, 0.3) is 0 Å². The summed E-state index contributed by atoms with van der Waals surface area (Å²) in [5.74, 6) is 1.62. The SMILES string of the molecule is CCOc1cccc(CNC(C)CCOC)c1OC. The summed E-state index contributed by atoms with van der Waals surface area (Å²) in [7, 11) is 3.40. The monoisotopic (exact) mass is 267 g/mol. The van der Waals surface area contributed by atoms with Crippen LogP contribution in [0.5, 0.6) is 11.5 Å². The molecule has 0 aliphatic heterocycles. The van der Waals surface area contributed by atoms with Crippen molar-refractivity contribution in [3.05, 3.63) is 23.8 Å². The molecule has 108 valence electrons. The number of nitrogens with one attached hydrogen (secondary N) is 1. The lowest BCUT2D eigenvalue weighted by Gasteiger charge is -2.17. The van der Waals surface area contributed by atoms with Crippen molar-refractivity contribution in [3.8, 4) is 11.5 Å². The van der Waals surface area contributed by atoms with E-state index in [9.17, 15) is 0 Å². The summed E-state index contributed by atoms with van der Waals surface area (Å²) in [6.45, 7) is 6.28. The molecule has 0 spiro atoms. The Balaban J connectivity index is 2.64. The van der Waals surface area contributed by atoms with Gasteiger partial charge in [0.25, 0.3) is 0 Å². The summed E-state index contributed by atoms with van der Waals surface area (Å²) in [6, 6.07) is 6.38. The standard InChI is InChI=1S/C15H25NO3/c1-5-19-14-8-6-7-13(15(14)18-4)11-16-12(2)9-10-17-3/h6-8,12,16H,5,9-11H2,1-4H3. The van der Waals surface area contributed by atoms with E-state index in [1.807, 2.05) is 19.1 Å². The number of hydrogen-bond donors (Lipinski definition) is 1. The molecule has 1 atom stereocenters. The molecule has 4 nitrogen and oxygen atoms in total. The van der Waals surface area contributed by atoms with Crippen LogP contribution in [0.15, 0.2) is 18.2 Å². The van der Waals surface area contributed by atoms with Crippen molar-refractivity contribution >= 4 is 0 Å². The molecular formula is C15H25NO3. The van der Waals surface area contributed by atoms with Crippen molar-refractivity contribution in [1.29, 1.82) is 0 Å². The van der Waals surface area contributed by atoms with Crippen LogP contribution >= 0.6 is 0 Å². The highest BCUT2D eigenvalue weighted by molar-refractivity contribution is 5.46. The Bertz CT molecular complexity index is 368. The Kier molecular flexibility index (Phi) is 7.30. The quantitative estimate of drug-likeness (QED) is 0.746. The van der Waals surface area contributed by atoms with Gasteiger partial charge < -0.3 is 19.5 Å². The second-order valence-corrected chi connectivity index (χ2v) is 4.44. The molecule has 0 fully saturated rings. The summed E-state index contributed by atoms with van der Waals surface area (Å²) in [6.07, 6.45) is 0.990. The molecular weight excluding hydrogens is 242 g/mol. The van der Waals surface area contributed by atoms with Crippen molar-refractivity contribution in [2.45, 2.75) is 32.9 Å². The largest absolute Gasteiger partial charge is 0.493 e. The van der Waals surface area contributed by atoms with Crippen LogP contribution < -0.4 is 14.8 Å². The van der Waals surface area contributed by atoms with E-state index in [0.717, 1.165) is 36.6 Å². The van der Waals surface area contributed by atoms with Gasteiger partial charge in [0, 0.05) is 31.9 Å². The molecule has 0 saturated heterocycles. The van der Waals surface area contributed by atoms with Gasteiger partial charge in [0.05, 0.1) is 13.7 Å². The molecule has 0 aliphatic carbocycles. The van der Waals surface area contributed by atoms with Crippen molar-refractivity contribution in [1.82, 2.24) is 5.32 Å². The Hall–Kier alpha value is -1.26. The van der Waals surface area contributed by atoms with Gasteiger partial charge in [-0.3, -0.25) is 0 Å². The first-order valence-electron chi connectivity index (χ1n) is 6.73. The third-order valence-corrected chi connectivity index (χ3v) is 2.96. The van der Waals surface area contributed by atoms with Crippen LogP contribution in [0.4, 0.5) is 0 Å². The fraction of sp³-hybridized carbons (Fsp3) is 0.600. The third-order valence-electron chi connectivity index (χ3n) is 2.96. The average Bonchev–Trinajstić information content (AvgIpc) is 2.43. The minimum atomic E-state index is 0.403. The molecule has 1 unspecified atom stereocenters. The van der Waals surface area contributed by atoms with Crippen molar-refractivity contribution in [3.63, 3.8) is 0 Å². The van der Waals surface area contributed by atoms with E-state index in [4.69, 9.17) is 14.2 Å². The van der Waals surface area contributed by atoms with Crippen molar-refractivity contribution in [2.24, 2.45) is 0 Å². The molecule has 0 aromatic heterocycles. The summed E-state index contributed by atoms with van der Waals surface area (Å²) >= 11 is 0. The predicted octanol–water partition coefficient (Wildman–Crippen LogP) is 2.61. The maximum atomic E-state index is 5.57. The summed E-state index contributed by atoms with van der Waals surface area (Å²) in [5.41, 5.74) is 1.11. The number of rotatable bonds is 9. The highest BCUT2D eigenvalue weighted by atomic mass is 16.5. The van der Waals surface area contributed by atoms with Crippen LogP contribution in [0.3, 0.4) is 0 Å². The van der Waals surface area contributed by atoms with Gasteiger partial charge in [0.1, 0.15) is 0 Å². The molecule has 0 saturated carbocycles. The minimum absolute atomic E-state index is 0.403. The zero-order valence-corrected chi connectivity index (χ0v) is 12.4. The maximum Gasteiger partial charge on any atom is 0.165 e. The van der Waals surface area contributed by atoms with Crippen molar-refractivity contribution in [2.75, 3.05) is 27.4 Å². The molecule has 0 aliphatic rings. The lowest BCUT2D eigenvalue weighted by molar-refractivity contribution is 0.184. The van der Waals surface area contributed by atoms with Gasteiger partial charge in [0.15, 0.2) is 11.5 Å². The van der Waals surface area contributed by atoms with Gasteiger partial charge >= 0.3 is 0 Å². The first-order chi connectivity index (χ1) is 9.22. The Morgan fingerprint density at radius 3 is 2.68 bits per heavy atom. The van der Waals surface area contributed by atoms with Crippen LogP contribution in [0, 0.1) is 0 Å². The van der Waals surface area contributed by atoms with E-state index in [1.165, 1.54) is 0 Å². The molecule has 1 aromatic carbocycles. The van der Waals surface area contributed by atoms with Gasteiger partial charge in [-0.1, -0.05) is 12.1 Å². The maximum absolute atomic E-state index is 5.57. The van der Waals surface area contributed by atoms with Crippen LogP contribution in [0.1, 0.15) is 25.8 Å². The Morgan fingerprint density at radius 1 is 1.26 bits per heavy atom. The zero-order valence-electron chi connectivity index (χ0n) is 12.4. The lowest BCUT2D eigenvalue weighted by atomic mass is 10.1. The van der Waals surface area contributed by atoms with Gasteiger partial charge in [-0.15, -0.1) is 0 Å². The second-order valence-electron chi connectivity index (χ2n) is 4.44. The Morgan fingerprint density at radius 2 is 2.05 bits per heavy atom. The number of para-hydroxylation sites is 1. The molecule has 4 heteroatoms. The van der Waals surface area contributed by atoms with Gasteiger partial charge in [-0.25, -0.2) is 0 Å². The molecule has 1 rings (SSSR count). The van der Waals surface area contributed by atoms with Crippen molar-refractivity contribution < 1.29 is 14.2 Å². The van der Waals surface area contributed by atoms with E-state index in [1.54, 1.807) is 14.2 Å². The van der Waals surface area contributed by atoms with E-state index >= 15 is 0 Å². The highest BCUT2D eigenvalue weighted by Gasteiger charge is 2.10. The van der Waals surface area contributed by atoms with E-state index in [0.29, 0.717) is 12.6 Å². The highest BCUT2D eigenvalue weighted by Crippen LogP contribution is 2.30. The average molecular weight is 267 g/mol.